The molecule has 1 aromatic carbocycles. The second-order valence-corrected chi connectivity index (χ2v) is 8.74. The Hall–Kier alpha value is -3.00. The predicted molar refractivity (Wildman–Crippen MR) is 116 cm³/mol. The van der Waals surface area contributed by atoms with Crippen LogP contribution in [-0.4, -0.2) is 50.8 Å². The van der Waals surface area contributed by atoms with Crippen molar-refractivity contribution in [1.29, 1.82) is 0 Å². The summed E-state index contributed by atoms with van der Waals surface area (Å²) in [5.74, 6) is -0.0768. The SMILES string of the molecule is Cc1ccc(-n2cc(C(=O)N3CCC(NC(=O)Cc4cccs4)CC3)nn2)cc1C. The highest BCUT2D eigenvalue weighted by Gasteiger charge is 2.26. The van der Waals surface area contributed by atoms with E-state index < -0.39 is 0 Å². The summed E-state index contributed by atoms with van der Waals surface area (Å²) in [6.45, 7) is 5.30. The minimum Gasteiger partial charge on any atom is -0.353 e. The zero-order valence-corrected chi connectivity index (χ0v) is 18.0. The Morgan fingerprint density at radius 1 is 1.17 bits per heavy atom. The van der Waals surface area contributed by atoms with E-state index in [1.165, 1.54) is 11.1 Å². The molecule has 0 saturated carbocycles. The summed E-state index contributed by atoms with van der Waals surface area (Å²) in [6.07, 6.45) is 3.58. The Morgan fingerprint density at radius 2 is 1.97 bits per heavy atom. The maximum absolute atomic E-state index is 12.8. The number of benzene rings is 1. The lowest BCUT2D eigenvalue weighted by molar-refractivity contribution is -0.121. The van der Waals surface area contributed by atoms with Gasteiger partial charge in [-0.2, -0.15) is 0 Å². The van der Waals surface area contributed by atoms with Gasteiger partial charge in [-0.25, -0.2) is 4.68 Å². The van der Waals surface area contributed by atoms with E-state index in [0.29, 0.717) is 25.2 Å². The Bertz CT molecular complexity index is 1040. The number of nitrogens with one attached hydrogen (secondary N) is 1. The van der Waals surface area contributed by atoms with E-state index in [2.05, 4.69) is 22.6 Å². The molecule has 0 spiro atoms. The maximum Gasteiger partial charge on any atom is 0.276 e. The number of hydrogen-bond donors (Lipinski definition) is 1. The molecule has 0 bridgehead atoms. The smallest absolute Gasteiger partial charge is 0.276 e. The number of aryl methyl sites for hydroxylation is 2. The van der Waals surface area contributed by atoms with E-state index in [1.807, 2.05) is 42.6 Å². The summed E-state index contributed by atoms with van der Waals surface area (Å²) in [4.78, 5) is 27.9. The van der Waals surface area contributed by atoms with Crippen LogP contribution in [0.1, 0.15) is 39.3 Å². The van der Waals surface area contributed by atoms with Gasteiger partial charge in [-0.15, -0.1) is 16.4 Å². The van der Waals surface area contributed by atoms with Crippen LogP contribution < -0.4 is 5.32 Å². The number of carbonyl (C=O) groups is 2. The number of hydrogen-bond acceptors (Lipinski definition) is 5. The summed E-state index contributed by atoms with van der Waals surface area (Å²) in [6, 6.07) is 10.1. The number of carbonyl (C=O) groups excluding carboxylic acids is 2. The van der Waals surface area contributed by atoms with E-state index in [4.69, 9.17) is 0 Å². The number of aromatic nitrogens is 3. The molecule has 1 fully saturated rings. The number of likely N-dealkylation sites (tertiary alicyclic amines) is 1. The molecule has 7 nitrogen and oxygen atoms in total. The number of piperidine rings is 1. The number of thiophene rings is 1. The largest absolute Gasteiger partial charge is 0.353 e. The van der Waals surface area contributed by atoms with Crippen molar-refractivity contribution < 1.29 is 9.59 Å². The molecule has 1 aliphatic rings. The van der Waals surface area contributed by atoms with Crippen LogP contribution in [0.5, 0.6) is 0 Å². The standard InChI is InChI=1S/C22H25N5O2S/c1-15-5-6-18(12-16(15)2)27-14-20(24-25-27)22(29)26-9-7-17(8-10-26)23-21(28)13-19-4-3-11-30-19/h3-6,11-12,14,17H,7-10,13H2,1-2H3,(H,23,28). The van der Waals surface area contributed by atoms with Crippen molar-refractivity contribution in [3.63, 3.8) is 0 Å². The van der Waals surface area contributed by atoms with Gasteiger partial charge in [-0.1, -0.05) is 17.3 Å². The van der Waals surface area contributed by atoms with Gasteiger partial charge in [0.15, 0.2) is 5.69 Å². The van der Waals surface area contributed by atoms with Gasteiger partial charge < -0.3 is 10.2 Å². The normalized spacial score (nSPS) is 14.7. The fourth-order valence-electron chi connectivity index (χ4n) is 3.60. The number of rotatable bonds is 5. The van der Waals surface area contributed by atoms with E-state index in [9.17, 15) is 9.59 Å². The molecule has 1 saturated heterocycles. The molecule has 156 valence electrons. The third-order valence-corrected chi connectivity index (χ3v) is 6.41. The lowest BCUT2D eigenvalue weighted by atomic mass is 10.0. The van der Waals surface area contributed by atoms with E-state index in [-0.39, 0.29) is 17.9 Å². The van der Waals surface area contributed by atoms with Gasteiger partial charge in [0.05, 0.1) is 18.3 Å². The van der Waals surface area contributed by atoms with Crippen LogP contribution in [0.3, 0.4) is 0 Å². The fraction of sp³-hybridized carbons (Fsp3) is 0.364. The Kier molecular flexibility index (Phi) is 5.94. The molecule has 3 aromatic rings. The molecule has 1 aliphatic heterocycles. The van der Waals surface area contributed by atoms with Crippen LogP contribution in [0, 0.1) is 13.8 Å². The molecule has 1 N–H and O–H groups in total. The highest BCUT2D eigenvalue weighted by Crippen LogP contribution is 2.16. The zero-order valence-electron chi connectivity index (χ0n) is 17.2. The Balaban J connectivity index is 1.31. The fourth-order valence-corrected chi connectivity index (χ4v) is 4.30. The lowest BCUT2D eigenvalue weighted by Gasteiger charge is -2.31. The van der Waals surface area contributed by atoms with Gasteiger partial charge in [-0.05, 0) is 61.4 Å². The maximum atomic E-state index is 12.8. The summed E-state index contributed by atoms with van der Waals surface area (Å²) < 4.78 is 1.64. The summed E-state index contributed by atoms with van der Waals surface area (Å²) in [7, 11) is 0. The molecule has 0 aliphatic carbocycles. The molecule has 2 amide bonds. The van der Waals surface area contributed by atoms with Crippen LogP contribution in [-0.2, 0) is 11.2 Å². The average molecular weight is 424 g/mol. The molecular formula is C22H25N5O2S. The van der Waals surface area contributed by atoms with Crippen LogP contribution >= 0.6 is 11.3 Å². The molecule has 8 heteroatoms. The first kappa shape index (κ1) is 20.3. The van der Waals surface area contributed by atoms with E-state index in [0.717, 1.165) is 23.4 Å². The second kappa shape index (κ2) is 8.79. The van der Waals surface area contributed by atoms with Gasteiger partial charge in [0.1, 0.15) is 0 Å². The number of nitrogens with zero attached hydrogens (tertiary/aromatic N) is 4. The Morgan fingerprint density at radius 3 is 2.67 bits per heavy atom. The van der Waals surface area contributed by atoms with Crippen molar-refractivity contribution in [2.45, 2.75) is 39.2 Å². The first-order valence-corrected chi connectivity index (χ1v) is 11.0. The van der Waals surface area contributed by atoms with Crippen molar-refractivity contribution >= 4 is 23.2 Å². The van der Waals surface area contributed by atoms with Crippen molar-refractivity contribution in [3.8, 4) is 5.69 Å². The van der Waals surface area contributed by atoms with E-state index in [1.54, 1.807) is 27.1 Å². The van der Waals surface area contributed by atoms with Gasteiger partial charge >= 0.3 is 0 Å². The van der Waals surface area contributed by atoms with E-state index >= 15 is 0 Å². The third-order valence-electron chi connectivity index (χ3n) is 5.53. The van der Waals surface area contributed by atoms with Crippen LogP contribution in [0.25, 0.3) is 5.69 Å². The quantitative estimate of drug-likeness (QED) is 0.684. The average Bonchev–Trinajstić information content (AvgIpc) is 3.42. The summed E-state index contributed by atoms with van der Waals surface area (Å²) in [5.41, 5.74) is 3.60. The topological polar surface area (TPSA) is 80.1 Å². The monoisotopic (exact) mass is 423 g/mol. The van der Waals surface area contributed by atoms with Crippen LogP contribution in [0.2, 0.25) is 0 Å². The minimum atomic E-state index is -0.117. The highest BCUT2D eigenvalue weighted by atomic mass is 32.1. The molecule has 3 heterocycles. The molecule has 30 heavy (non-hydrogen) atoms. The van der Waals surface area contributed by atoms with Gasteiger partial charge in [0.2, 0.25) is 5.91 Å². The van der Waals surface area contributed by atoms with Gasteiger partial charge in [0.25, 0.3) is 5.91 Å². The highest BCUT2D eigenvalue weighted by molar-refractivity contribution is 7.10. The third kappa shape index (κ3) is 4.59. The zero-order chi connectivity index (χ0) is 21.1. The molecular weight excluding hydrogens is 398 g/mol. The van der Waals surface area contributed by atoms with Crippen LogP contribution in [0.4, 0.5) is 0 Å². The first-order chi connectivity index (χ1) is 14.5. The van der Waals surface area contributed by atoms with Crippen molar-refractivity contribution in [1.82, 2.24) is 25.2 Å². The second-order valence-electron chi connectivity index (χ2n) is 7.71. The minimum absolute atomic E-state index is 0.0403. The van der Waals surface area contributed by atoms with Crippen molar-refractivity contribution in [2.75, 3.05) is 13.1 Å². The molecule has 0 radical (unpaired) electrons. The Labute approximate surface area is 179 Å². The lowest BCUT2D eigenvalue weighted by Crippen LogP contribution is -2.47. The van der Waals surface area contributed by atoms with Gasteiger partial charge in [-0.3, -0.25) is 9.59 Å². The molecule has 4 rings (SSSR count). The molecule has 0 unspecified atom stereocenters. The summed E-state index contributed by atoms with van der Waals surface area (Å²) >= 11 is 1.59. The predicted octanol–water partition coefficient (Wildman–Crippen LogP) is 2.91. The van der Waals surface area contributed by atoms with Gasteiger partial charge in [0, 0.05) is 24.0 Å². The molecule has 2 aromatic heterocycles. The first-order valence-electron chi connectivity index (χ1n) is 10.1. The number of amides is 2. The van der Waals surface area contributed by atoms with Crippen molar-refractivity contribution in [2.24, 2.45) is 0 Å². The summed E-state index contributed by atoms with van der Waals surface area (Å²) in [5, 5.41) is 13.3. The van der Waals surface area contributed by atoms with Crippen LogP contribution in [0.15, 0.2) is 41.9 Å². The molecule has 0 atom stereocenters. The van der Waals surface area contributed by atoms with Crippen molar-refractivity contribution in [3.05, 3.63) is 63.6 Å².